The van der Waals surface area contributed by atoms with Crippen LogP contribution in [-0.2, 0) is 11.2 Å². The van der Waals surface area contributed by atoms with E-state index in [4.69, 9.17) is 4.42 Å². The first kappa shape index (κ1) is 18.7. The highest BCUT2D eigenvalue weighted by Crippen LogP contribution is 2.24. The van der Waals surface area contributed by atoms with Crippen molar-refractivity contribution in [3.63, 3.8) is 0 Å². The number of benzene rings is 2. The van der Waals surface area contributed by atoms with Gasteiger partial charge in [0.25, 0.3) is 0 Å². The number of aryl methyl sites for hydroxylation is 2. The number of carbonyl (C=O) groups excluding carboxylic acids is 1. The molecule has 0 fully saturated rings. The van der Waals surface area contributed by atoms with Gasteiger partial charge in [0.15, 0.2) is 0 Å². The zero-order chi connectivity index (χ0) is 20.4. The highest BCUT2D eigenvalue weighted by Gasteiger charge is 2.18. The average Bonchev–Trinajstić information content (AvgIpc) is 3.23. The van der Waals surface area contributed by atoms with Gasteiger partial charge in [0.1, 0.15) is 5.76 Å². The second-order valence-electron chi connectivity index (χ2n) is 6.91. The summed E-state index contributed by atoms with van der Waals surface area (Å²) in [4.78, 5) is 17.2. The lowest BCUT2D eigenvalue weighted by Crippen LogP contribution is -2.16. The minimum absolute atomic E-state index is 0.136. The highest BCUT2D eigenvalue weighted by atomic mass is 16.4. The lowest BCUT2D eigenvalue weighted by molar-refractivity contribution is -0.115. The van der Waals surface area contributed by atoms with Gasteiger partial charge in [-0.15, -0.1) is 0 Å². The molecule has 0 saturated carbocycles. The minimum Gasteiger partial charge on any atom is -0.441 e. The van der Waals surface area contributed by atoms with E-state index in [0.29, 0.717) is 17.3 Å². The first-order chi connectivity index (χ1) is 14.0. The zero-order valence-electron chi connectivity index (χ0n) is 16.6. The smallest absolute Gasteiger partial charge is 0.230 e. The standard InChI is InChI=1S/C23H22N4O2/c1-15-22(16(2)27(26-15)19-12-8-5-9-13-19)25-21(28)14-20-17(3)29-23(24-20)18-10-6-4-7-11-18/h4-13H,14H2,1-3H3,(H,25,28). The maximum Gasteiger partial charge on any atom is 0.230 e. The van der Waals surface area contributed by atoms with E-state index in [1.807, 2.05) is 86.1 Å². The second-order valence-corrected chi connectivity index (χ2v) is 6.91. The number of nitrogens with one attached hydrogen (secondary N) is 1. The van der Waals surface area contributed by atoms with Crippen molar-refractivity contribution in [1.29, 1.82) is 0 Å². The number of anilines is 1. The van der Waals surface area contributed by atoms with Crippen LogP contribution in [0.2, 0.25) is 0 Å². The Morgan fingerprint density at radius 1 is 1.00 bits per heavy atom. The van der Waals surface area contributed by atoms with Gasteiger partial charge < -0.3 is 9.73 Å². The van der Waals surface area contributed by atoms with Crippen LogP contribution in [0.5, 0.6) is 0 Å². The highest BCUT2D eigenvalue weighted by molar-refractivity contribution is 5.93. The van der Waals surface area contributed by atoms with E-state index in [1.165, 1.54) is 0 Å². The fourth-order valence-corrected chi connectivity index (χ4v) is 3.28. The van der Waals surface area contributed by atoms with E-state index >= 15 is 0 Å². The number of rotatable bonds is 5. The third-order valence-electron chi connectivity index (χ3n) is 4.80. The number of amides is 1. The Hall–Kier alpha value is -3.67. The van der Waals surface area contributed by atoms with E-state index < -0.39 is 0 Å². The number of carbonyl (C=O) groups is 1. The van der Waals surface area contributed by atoms with Gasteiger partial charge in [-0.05, 0) is 45.0 Å². The number of oxazole rings is 1. The van der Waals surface area contributed by atoms with Crippen LogP contribution in [0, 0.1) is 20.8 Å². The van der Waals surface area contributed by atoms with Gasteiger partial charge in [-0.2, -0.15) is 5.10 Å². The maximum absolute atomic E-state index is 12.7. The monoisotopic (exact) mass is 386 g/mol. The minimum atomic E-state index is -0.153. The molecule has 2 aromatic carbocycles. The SMILES string of the molecule is Cc1nn(-c2ccccc2)c(C)c1NC(=O)Cc1nc(-c2ccccc2)oc1C. The third-order valence-corrected chi connectivity index (χ3v) is 4.80. The molecule has 2 heterocycles. The molecule has 4 rings (SSSR count). The van der Waals surface area contributed by atoms with E-state index in [2.05, 4.69) is 15.4 Å². The summed E-state index contributed by atoms with van der Waals surface area (Å²) >= 11 is 0. The van der Waals surface area contributed by atoms with Crippen molar-refractivity contribution in [2.24, 2.45) is 0 Å². The molecule has 6 heteroatoms. The molecule has 0 atom stereocenters. The molecule has 6 nitrogen and oxygen atoms in total. The summed E-state index contributed by atoms with van der Waals surface area (Å²) in [6.07, 6.45) is 0.136. The van der Waals surface area contributed by atoms with Crippen molar-refractivity contribution in [3.8, 4) is 17.1 Å². The molecule has 0 radical (unpaired) electrons. The van der Waals surface area contributed by atoms with Crippen LogP contribution in [-0.4, -0.2) is 20.7 Å². The van der Waals surface area contributed by atoms with Crippen LogP contribution in [0.3, 0.4) is 0 Å². The summed E-state index contributed by atoms with van der Waals surface area (Å²) in [5, 5.41) is 7.56. The molecule has 0 spiro atoms. The summed E-state index contributed by atoms with van der Waals surface area (Å²) in [6, 6.07) is 19.5. The molecular weight excluding hydrogens is 364 g/mol. The van der Waals surface area contributed by atoms with Crippen molar-refractivity contribution >= 4 is 11.6 Å². The molecule has 0 unspecified atom stereocenters. The van der Waals surface area contributed by atoms with Crippen LogP contribution in [0.25, 0.3) is 17.1 Å². The first-order valence-electron chi connectivity index (χ1n) is 9.46. The Morgan fingerprint density at radius 2 is 1.66 bits per heavy atom. The van der Waals surface area contributed by atoms with Crippen LogP contribution in [0.15, 0.2) is 65.1 Å². The third kappa shape index (κ3) is 3.82. The van der Waals surface area contributed by atoms with Gasteiger partial charge in [-0.3, -0.25) is 4.79 Å². The largest absolute Gasteiger partial charge is 0.441 e. The van der Waals surface area contributed by atoms with E-state index in [9.17, 15) is 4.79 Å². The van der Waals surface area contributed by atoms with Crippen LogP contribution in [0.1, 0.15) is 22.8 Å². The van der Waals surface area contributed by atoms with E-state index in [-0.39, 0.29) is 12.3 Å². The second kappa shape index (κ2) is 7.75. The van der Waals surface area contributed by atoms with Gasteiger partial charge in [-0.1, -0.05) is 36.4 Å². The van der Waals surface area contributed by atoms with Crippen molar-refractivity contribution < 1.29 is 9.21 Å². The molecule has 1 amide bonds. The van der Waals surface area contributed by atoms with Crippen molar-refractivity contribution in [1.82, 2.24) is 14.8 Å². The summed E-state index contributed by atoms with van der Waals surface area (Å²) < 4.78 is 7.59. The zero-order valence-corrected chi connectivity index (χ0v) is 16.6. The molecule has 0 aliphatic rings. The van der Waals surface area contributed by atoms with Gasteiger partial charge in [0, 0.05) is 5.56 Å². The molecule has 2 aromatic heterocycles. The van der Waals surface area contributed by atoms with E-state index in [1.54, 1.807) is 0 Å². The van der Waals surface area contributed by atoms with Crippen LogP contribution in [0.4, 0.5) is 5.69 Å². The number of para-hydroxylation sites is 1. The Labute approximate surface area is 169 Å². The normalized spacial score (nSPS) is 10.9. The Morgan fingerprint density at radius 3 is 2.34 bits per heavy atom. The first-order valence-corrected chi connectivity index (χ1v) is 9.46. The topological polar surface area (TPSA) is 73.0 Å². The van der Waals surface area contributed by atoms with Crippen molar-refractivity contribution in [2.45, 2.75) is 27.2 Å². The van der Waals surface area contributed by atoms with Gasteiger partial charge in [-0.25, -0.2) is 9.67 Å². The average molecular weight is 386 g/mol. The maximum atomic E-state index is 12.7. The molecule has 0 aliphatic heterocycles. The Kier molecular flexibility index (Phi) is 4.99. The summed E-state index contributed by atoms with van der Waals surface area (Å²) in [5.74, 6) is 1.02. The van der Waals surface area contributed by atoms with Crippen LogP contribution < -0.4 is 5.32 Å². The predicted molar refractivity (Wildman–Crippen MR) is 112 cm³/mol. The fraction of sp³-hybridized carbons (Fsp3) is 0.174. The molecule has 146 valence electrons. The summed E-state index contributed by atoms with van der Waals surface area (Å²) in [7, 11) is 0. The predicted octanol–water partition coefficient (Wildman–Crippen LogP) is 4.63. The molecule has 4 aromatic rings. The van der Waals surface area contributed by atoms with Gasteiger partial charge >= 0.3 is 0 Å². The van der Waals surface area contributed by atoms with Crippen LogP contribution >= 0.6 is 0 Å². The number of aromatic nitrogens is 3. The van der Waals surface area contributed by atoms with Gasteiger partial charge in [0.05, 0.1) is 34.9 Å². The molecular formula is C23H22N4O2. The summed E-state index contributed by atoms with van der Waals surface area (Å²) in [5.41, 5.74) is 4.84. The lowest BCUT2D eigenvalue weighted by atomic mass is 10.2. The summed E-state index contributed by atoms with van der Waals surface area (Å²) in [6.45, 7) is 5.65. The molecule has 0 saturated heterocycles. The Balaban J connectivity index is 1.53. The number of nitrogens with zero attached hydrogens (tertiary/aromatic N) is 3. The quantitative estimate of drug-likeness (QED) is 0.543. The molecule has 29 heavy (non-hydrogen) atoms. The molecule has 1 N–H and O–H groups in total. The molecule has 0 aliphatic carbocycles. The lowest BCUT2D eigenvalue weighted by Gasteiger charge is -2.06. The Bertz CT molecular complexity index is 1140. The van der Waals surface area contributed by atoms with Crippen molar-refractivity contribution in [3.05, 3.63) is 83.5 Å². The number of hydrogen-bond acceptors (Lipinski definition) is 4. The molecule has 0 bridgehead atoms. The fourth-order valence-electron chi connectivity index (χ4n) is 3.28. The van der Waals surface area contributed by atoms with Crippen molar-refractivity contribution in [2.75, 3.05) is 5.32 Å². The number of hydrogen-bond donors (Lipinski definition) is 1. The van der Waals surface area contributed by atoms with Gasteiger partial charge in [0.2, 0.25) is 11.8 Å². The van der Waals surface area contributed by atoms with E-state index in [0.717, 1.165) is 28.3 Å².